The molecule has 0 heterocycles. The molecule has 0 rings (SSSR count). The van der Waals surface area contributed by atoms with Crippen molar-refractivity contribution in [3.63, 3.8) is 0 Å². The summed E-state index contributed by atoms with van der Waals surface area (Å²) in [4.78, 5) is 11.2. The van der Waals surface area contributed by atoms with Crippen LogP contribution in [0.3, 0.4) is 0 Å². The van der Waals surface area contributed by atoms with Crippen LogP contribution < -0.4 is 11.1 Å². The van der Waals surface area contributed by atoms with Crippen LogP contribution in [-0.4, -0.2) is 48.4 Å². The van der Waals surface area contributed by atoms with Gasteiger partial charge in [0, 0.05) is 43.1 Å². The number of ether oxygens (including phenoxy) is 1. The third-order valence-electron chi connectivity index (χ3n) is 1.66. The van der Waals surface area contributed by atoms with Gasteiger partial charge in [-0.05, 0) is 6.42 Å². The minimum atomic E-state index is -0.881. The van der Waals surface area contributed by atoms with Gasteiger partial charge in [0.05, 0.1) is 6.04 Å². The van der Waals surface area contributed by atoms with Gasteiger partial charge in [-0.3, -0.25) is 9.00 Å². The summed E-state index contributed by atoms with van der Waals surface area (Å²) in [6.45, 7) is 0.872. The Morgan fingerprint density at radius 3 is 2.79 bits per heavy atom. The van der Waals surface area contributed by atoms with Crippen LogP contribution in [0.5, 0.6) is 0 Å². The normalized spacial score (nSPS) is 14.8. The molecule has 0 aliphatic carbocycles. The van der Waals surface area contributed by atoms with Crippen LogP contribution in [0, 0.1) is 0 Å². The van der Waals surface area contributed by atoms with Crippen LogP contribution in [0.4, 0.5) is 0 Å². The number of hydrogen-bond donors (Lipinski definition) is 2. The van der Waals surface area contributed by atoms with Gasteiger partial charge in [-0.2, -0.15) is 0 Å². The second kappa shape index (κ2) is 7.90. The average molecular weight is 222 g/mol. The van der Waals surface area contributed by atoms with E-state index >= 15 is 0 Å². The van der Waals surface area contributed by atoms with E-state index < -0.39 is 16.8 Å². The number of carbonyl (C=O) groups is 1. The summed E-state index contributed by atoms with van der Waals surface area (Å²) in [5.41, 5.74) is 5.55. The zero-order valence-corrected chi connectivity index (χ0v) is 9.43. The number of hydrogen-bond acceptors (Lipinski definition) is 4. The van der Waals surface area contributed by atoms with E-state index in [1.807, 2.05) is 0 Å². The predicted molar refractivity (Wildman–Crippen MR) is 56.4 cm³/mol. The number of amides is 1. The maximum atomic E-state index is 11.2. The summed E-state index contributed by atoms with van der Waals surface area (Å²) in [6.07, 6.45) is 2.09. The van der Waals surface area contributed by atoms with Gasteiger partial charge in [-0.15, -0.1) is 0 Å². The van der Waals surface area contributed by atoms with Crippen LogP contribution in [0.2, 0.25) is 0 Å². The Bertz CT molecular complexity index is 199. The molecule has 5 nitrogen and oxygen atoms in total. The summed E-state index contributed by atoms with van der Waals surface area (Å²) < 4.78 is 15.5. The van der Waals surface area contributed by atoms with E-state index in [0.29, 0.717) is 25.3 Å². The Labute approximate surface area is 86.8 Å². The molecular formula is C8H18N2O3S. The topological polar surface area (TPSA) is 81.4 Å². The maximum Gasteiger partial charge on any atom is 0.237 e. The molecule has 0 saturated carbocycles. The van der Waals surface area contributed by atoms with Crippen molar-refractivity contribution < 1.29 is 13.7 Å². The van der Waals surface area contributed by atoms with Crippen LogP contribution in [-0.2, 0) is 20.3 Å². The van der Waals surface area contributed by atoms with Crippen molar-refractivity contribution in [2.75, 3.05) is 32.3 Å². The van der Waals surface area contributed by atoms with Crippen molar-refractivity contribution in [2.24, 2.45) is 5.73 Å². The standard InChI is InChI=1S/C8H18N2O3S/c1-13-5-3-7(9)8(11)10-4-6-14(2)12/h7H,3-6,9H2,1-2H3,(H,10,11). The van der Waals surface area contributed by atoms with Gasteiger partial charge >= 0.3 is 0 Å². The van der Waals surface area contributed by atoms with Gasteiger partial charge in [-0.1, -0.05) is 0 Å². The quantitative estimate of drug-likeness (QED) is 0.569. The van der Waals surface area contributed by atoms with Crippen molar-refractivity contribution in [2.45, 2.75) is 12.5 Å². The highest BCUT2D eigenvalue weighted by Crippen LogP contribution is 1.88. The molecule has 3 N–H and O–H groups in total. The molecule has 6 heteroatoms. The van der Waals surface area contributed by atoms with Gasteiger partial charge < -0.3 is 15.8 Å². The first-order valence-electron chi connectivity index (χ1n) is 4.40. The number of nitrogens with two attached hydrogens (primary N) is 1. The smallest absolute Gasteiger partial charge is 0.237 e. The molecule has 1 amide bonds. The SMILES string of the molecule is COCCC(N)C(=O)NCCS(C)=O. The van der Waals surface area contributed by atoms with Crippen LogP contribution in [0.1, 0.15) is 6.42 Å². The van der Waals surface area contributed by atoms with Crippen molar-refractivity contribution in [3.05, 3.63) is 0 Å². The summed E-state index contributed by atoms with van der Waals surface area (Å²) in [7, 11) is 0.680. The summed E-state index contributed by atoms with van der Waals surface area (Å²) in [5.74, 6) is 0.246. The van der Waals surface area contributed by atoms with Crippen molar-refractivity contribution in [1.82, 2.24) is 5.32 Å². The average Bonchev–Trinajstić information content (AvgIpc) is 2.13. The number of nitrogens with one attached hydrogen (secondary N) is 1. The minimum absolute atomic E-state index is 0.215. The van der Waals surface area contributed by atoms with E-state index in [4.69, 9.17) is 10.5 Å². The Balaban J connectivity index is 3.56. The molecule has 0 radical (unpaired) electrons. The Kier molecular flexibility index (Phi) is 7.64. The molecule has 0 aliphatic rings. The van der Waals surface area contributed by atoms with E-state index in [1.165, 1.54) is 0 Å². The predicted octanol–water partition coefficient (Wildman–Crippen LogP) is -1.16. The maximum absolute atomic E-state index is 11.2. The molecule has 84 valence electrons. The van der Waals surface area contributed by atoms with Crippen molar-refractivity contribution in [1.29, 1.82) is 0 Å². The fourth-order valence-corrected chi connectivity index (χ4v) is 1.21. The fraction of sp³-hybridized carbons (Fsp3) is 0.875. The number of rotatable bonds is 7. The molecule has 14 heavy (non-hydrogen) atoms. The lowest BCUT2D eigenvalue weighted by molar-refractivity contribution is -0.122. The van der Waals surface area contributed by atoms with E-state index in [2.05, 4.69) is 5.32 Å². The fourth-order valence-electron chi connectivity index (χ4n) is 0.825. The van der Waals surface area contributed by atoms with E-state index in [9.17, 15) is 9.00 Å². The third kappa shape index (κ3) is 6.99. The lowest BCUT2D eigenvalue weighted by atomic mass is 10.2. The second-order valence-corrected chi connectivity index (χ2v) is 4.51. The second-order valence-electron chi connectivity index (χ2n) is 2.96. The third-order valence-corrected chi connectivity index (χ3v) is 2.44. The summed E-state index contributed by atoms with van der Waals surface area (Å²) in [6, 6.07) is -0.541. The highest BCUT2D eigenvalue weighted by molar-refractivity contribution is 7.84. The van der Waals surface area contributed by atoms with Gasteiger partial charge in [0.1, 0.15) is 0 Å². The first kappa shape index (κ1) is 13.5. The molecular weight excluding hydrogens is 204 g/mol. The number of carbonyl (C=O) groups excluding carboxylic acids is 1. The molecule has 0 aromatic heterocycles. The monoisotopic (exact) mass is 222 g/mol. The van der Waals surface area contributed by atoms with E-state index in [1.54, 1.807) is 13.4 Å². The van der Waals surface area contributed by atoms with Crippen LogP contribution >= 0.6 is 0 Å². The van der Waals surface area contributed by atoms with Crippen LogP contribution in [0.25, 0.3) is 0 Å². The molecule has 2 unspecified atom stereocenters. The van der Waals surface area contributed by atoms with Crippen molar-refractivity contribution in [3.8, 4) is 0 Å². The van der Waals surface area contributed by atoms with Gasteiger partial charge in [0.15, 0.2) is 0 Å². The zero-order valence-electron chi connectivity index (χ0n) is 8.62. The Morgan fingerprint density at radius 1 is 1.64 bits per heavy atom. The van der Waals surface area contributed by atoms with E-state index in [-0.39, 0.29) is 5.91 Å². The number of methoxy groups -OCH3 is 1. The summed E-state index contributed by atoms with van der Waals surface area (Å²) in [5, 5.41) is 2.61. The van der Waals surface area contributed by atoms with Crippen LogP contribution in [0.15, 0.2) is 0 Å². The van der Waals surface area contributed by atoms with E-state index in [0.717, 1.165) is 0 Å². The lowest BCUT2D eigenvalue weighted by Crippen LogP contribution is -2.42. The van der Waals surface area contributed by atoms with Gasteiger partial charge in [0.2, 0.25) is 5.91 Å². The highest BCUT2D eigenvalue weighted by atomic mass is 32.2. The molecule has 0 aromatic carbocycles. The Hall–Kier alpha value is -0.460. The Morgan fingerprint density at radius 2 is 2.29 bits per heavy atom. The first-order chi connectivity index (χ1) is 6.57. The minimum Gasteiger partial charge on any atom is -0.385 e. The molecule has 0 aliphatic heterocycles. The first-order valence-corrected chi connectivity index (χ1v) is 6.13. The molecule has 0 fully saturated rings. The zero-order chi connectivity index (χ0) is 11.0. The van der Waals surface area contributed by atoms with Crippen molar-refractivity contribution >= 4 is 16.7 Å². The molecule has 0 aromatic rings. The molecule has 0 spiro atoms. The summed E-state index contributed by atoms with van der Waals surface area (Å²) >= 11 is 0. The highest BCUT2D eigenvalue weighted by Gasteiger charge is 2.11. The molecule has 2 atom stereocenters. The lowest BCUT2D eigenvalue weighted by Gasteiger charge is -2.10. The van der Waals surface area contributed by atoms with Gasteiger partial charge in [0.25, 0.3) is 0 Å². The van der Waals surface area contributed by atoms with Gasteiger partial charge in [-0.25, -0.2) is 0 Å². The largest absolute Gasteiger partial charge is 0.385 e. The molecule has 0 saturated heterocycles. The molecule has 0 bridgehead atoms.